The molecule has 0 amide bonds. The Morgan fingerprint density at radius 2 is 0.909 bits per heavy atom. The average Bonchev–Trinajstić information content (AvgIpc) is 2.53. The Hall–Kier alpha value is -0.760. The second kappa shape index (κ2) is 13.9. The van der Waals surface area contributed by atoms with Gasteiger partial charge in [-0.25, -0.2) is 0 Å². The largest absolute Gasteiger partial charge is 0.463 e. The first-order valence-electron chi connectivity index (χ1n) is 6.40. The molecule has 10 heteroatoms. The molecule has 0 fully saturated rings. The Morgan fingerprint density at radius 1 is 0.636 bits per heavy atom. The number of ether oxygens (including phenoxy) is 3. The molecule has 0 atom stereocenters. The molecular formula is C12H18Cl3NO6. The van der Waals surface area contributed by atoms with Crippen LogP contribution in [-0.4, -0.2) is 79.9 Å². The van der Waals surface area contributed by atoms with Gasteiger partial charge in [0.05, 0.1) is 0 Å². The third-order valence-corrected chi connectivity index (χ3v) is 2.99. The molecule has 128 valence electrons. The summed E-state index contributed by atoms with van der Waals surface area (Å²) in [7, 11) is 0. The van der Waals surface area contributed by atoms with E-state index < -0.39 is 17.9 Å². The lowest BCUT2D eigenvalue weighted by Crippen LogP contribution is -2.35. The minimum Gasteiger partial charge on any atom is -0.463 e. The van der Waals surface area contributed by atoms with Gasteiger partial charge >= 0.3 is 17.9 Å². The van der Waals surface area contributed by atoms with Gasteiger partial charge in [0.2, 0.25) is 0 Å². The number of hydrogen-bond acceptors (Lipinski definition) is 7. The van der Waals surface area contributed by atoms with E-state index in [1.165, 1.54) is 0 Å². The summed E-state index contributed by atoms with van der Waals surface area (Å²) in [5.41, 5.74) is 0. The molecule has 0 heterocycles. The van der Waals surface area contributed by atoms with Crippen molar-refractivity contribution in [1.29, 1.82) is 0 Å². The third kappa shape index (κ3) is 11.9. The number of rotatable bonds is 12. The molecule has 22 heavy (non-hydrogen) atoms. The zero-order valence-corrected chi connectivity index (χ0v) is 14.2. The summed E-state index contributed by atoms with van der Waals surface area (Å²) in [6, 6.07) is 0. The Bertz CT molecular complexity index is 303. The molecule has 0 rings (SSSR count). The smallest absolute Gasteiger partial charge is 0.320 e. The molecule has 0 radical (unpaired) electrons. The summed E-state index contributed by atoms with van der Waals surface area (Å²) in [4.78, 5) is 34.6. The molecule has 0 unspecified atom stereocenters. The quantitative estimate of drug-likeness (QED) is 0.280. The molecule has 0 spiro atoms. The van der Waals surface area contributed by atoms with Crippen molar-refractivity contribution in [2.24, 2.45) is 0 Å². The minimum absolute atomic E-state index is 0.123. The van der Waals surface area contributed by atoms with Crippen LogP contribution in [0.25, 0.3) is 0 Å². The van der Waals surface area contributed by atoms with Crippen LogP contribution in [0, 0.1) is 0 Å². The van der Waals surface area contributed by atoms with Crippen LogP contribution in [0.1, 0.15) is 0 Å². The van der Waals surface area contributed by atoms with Crippen molar-refractivity contribution >= 4 is 52.7 Å². The van der Waals surface area contributed by atoms with Crippen LogP contribution in [0.4, 0.5) is 0 Å². The van der Waals surface area contributed by atoms with Crippen molar-refractivity contribution in [2.45, 2.75) is 0 Å². The summed E-state index contributed by atoms with van der Waals surface area (Å²) < 4.78 is 14.5. The fourth-order valence-corrected chi connectivity index (χ4v) is 1.55. The van der Waals surface area contributed by atoms with Crippen molar-refractivity contribution < 1.29 is 28.6 Å². The van der Waals surface area contributed by atoms with Gasteiger partial charge in [-0.15, -0.1) is 34.8 Å². The predicted molar refractivity (Wildman–Crippen MR) is 81.5 cm³/mol. The highest BCUT2D eigenvalue weighted by atomic mass is 35.5. The van der Waals surface area contributed by atoms with Gasteiger partial charge in [-0.1, -0.05) is 0 Å². The van der Waals surface area contributed by atoms with Crippen molar-refractivity contribution in [3.05, 3.63) is 0 Å². The van der Waals surface area contributed by atoms with Gasteiger partial charge in [-0.2, -0.15) is 0 Å². The first kappa shape index (κ1) is 21.2. The molecule has 0 aromatic rings. The number of halogens is 3. The number of hydrogen-bond donors (Lipinski definition) is 0. The molecule has 0 saturated heterocycles. The van der Waals surface area contributed by atoms with Gasteiger partial charge in [0, 0.05) is 19.6 Å². The zero-order valence-electron chi connectivity index (χ0n) is 11.9. The molecule has 0 aromatic carbocycles. The van der Waals surface area contributed by atoms with Crippen LogP contribution in [0.3, 0.4) is 0 Å². The molecule has 0 aliphatic carbocycles. The SMILES string of the molecule is O=C(CCl)OCCN(CCOC(=O)CCl)CCOC(=O)CCl. The molecule has 0 aliphatic rings. The van der Waals surface area contributed by atoms with Gasteiger partial charge in [-0.05, 0) is 0 Å². The van der Waals surface area contributed by atoms with E-state index in [9.17, 15) is 14.4 Å². The van der Waals surface area contributed by atoms with E-state index in [0.29, 0.717) is 19.6 Å². The first-order valence-corrected chi connectivity index (χ1v) is 8.01. The molecule has 7 nitrogen and oxygen atoms in total. The first-order chi connectivity index (χ1) is 10.5. The van der Waals surface area contributed by atoms with E-state index in [0.717, 1.165) is 0 Å². The average molecular weight is 379 g/mol. The second-order valence-electron chi connectivity index (χ2n) is 3.90. The van der Waals surface area contributed by atoms with Gasteiger partial charge in [0.25, 0.3) is 0 Å². The van der Waals surface area contributed by atoms with E-state index in [1.807, 2.05) is 0 Å². The summed E-state index contributed by atoms with van der Waals surface area (Å²) in [5, 5.41) is 0. The summed E-state index contributed by atoms with van der Waals surface area (Å²) >= 11 is 15.9. The molecule has 0 N–H and O–H groups in total. The highest BCUT2D eigenvalue weighted by molar-refractivity contribution is 6.27. The Kier molecular flexibility index (Phi) is 13.4. The molecule has 0 aromatic heterocycles. The number of esters is 3. The number of carbonyl (C=O) groups excluding carboxylic acids is 3. The van der Waals surface area contributed by atoms with E-state index in [-0.39, 0.29) is 37.5 Å². The summed E-state index contributed by atoms with van der Waals surface area (Å²) in [6.45, 7) is 1.49. The van der Waals surface area contributed by atoms with Crippen molar-refractivity contribution in [3.8, 4) is 0 Å². The Labute approximate surface area is 143 Å². The van der Waals surface area contributed by atoms with Crippen molar-refractivity contribution in [2.75, 3.05) is 57.1 Å². The number of alkyl halides is 3. The molecule has 0 aliphatic heterocycles. The van der Waals surface area contributed by atoms with Gasteiger partial charge < -0.3 is 14.2 Å². The van der Waals surface area contributed by atoms with E-state index in [4.69, 9.17) is 49.0 Å². The normalized spacial score (nSPS) is 10.4. The van der Waals surface area contributed by atoms with Gasteiger partial charge in [0.15, 0.2) is 0 Å². The zero-order chi connectivity index (χ0) is 16.8. The van der Waals surface area contributed by atoms with Crippen LogP contribution in [-0.2, 0) is 28.6 Å². The fraction of sp³-hybridized carbons (Fsp3) is 0.750. The van der Waals surface area contributed by atoms with Gasteiger partial charge in [-0.3, -0.25) is 19.3 Å². The molecular weight excluding hydrogens is 360 g/mol. The molecule has 0 saturated carbocycles. The predicted octanol–water partition coefficient (Wildman–Crippen LogP) is 0.634. The lowest BCUT2D eigenvalue weighted by atomic mass is 10.4. The van der Waals surface area contributed by atoms with E-state index >= 15 is 0 Å². The maximum absolute atomic E-state index is 10.9. The monoisotopic (exact) mass is 377 g/mol. The third-order valence-electron chi connectivity index (χ3n) is 2.34. The highest BCUT2D eigenvalue weighted by Crippen LogP contribution is 1.94. The Balaban J connectivity index is 4.09. The fourth-order valence-electron chi connectivity index (χ4n) is 1.32. The van der Waals surface area contributed by atoms with Crippen molar-refractivity contribution in [3.63, 3.8) is 0 Å². The van der Waals surface area contributed by atoms with E-state index in [1.54, 1.807) is 4.90 Å². The van der Waals surface area contributed by atoms with Crippen LogP contribution in [0.2, 0.25) is 0 Å². The topological polar surface area (TPSA) is 82.1 Å². The van der Waals surface area contributed by atoms with Crippen LogP contribution in [0.15, 0.2) is 0 Å². The van der Waals surface area contributed by atoms with Crippen LogP contribution >= 0.6 is 34.8 Å². The lowest BCUT2D eigenvalue weighted by Gasteiger charge is -2.21. The maximum Gasteiger partial charge on any atom is 0.320 e. The standard InChI is InChI=1S/C12H18Cl3NO6/c13-7-10(17)20-4-1-16(2-5-21-11(18)8-14)3-6-22-12(19)9-15/h1-9H2. The number of nitrogens with zero attached hydrogens (tertiary/aromatic N) is 1. The Morgan fingerprint density at radius 3 is 1.14 bits per heavy atom. The summed E-state index contributed by atoms with van der Waals surface area (Å²) in [5.74, 6) is -2.24. The van der Waals surface area contributed by atoms with Crippen LogP contribution in [0.5, 0.6) is 0 Å². The lowest BCUT2D eigenvalue weighted by molar-refractivity contribution is -0.141. The summed E-state index contributed by atoms with van der Waals surface area (Å²) in [6.07, 6.45) is 0. The highest BCUT2D eigenvalue weighted by Gasteiger charge is 2.10. The van der Waals surface area contributed by atoms with Crippen molar-refractivity contribution in [1.82, 2.24) is 4.90 Å². The maximum atomic E-state index is 10.9. The van der Waals surface area contributed by atoms with Gasteiger partial charge in [0.1, 0.15) is 37.5 Å². The molecule has 0 bridgehead atoms. The number of carbonyl (C=O) groups is 3. The second-order valence-corrected chi connectivity index (χ2v) is 4.71. The minimum atomic E-state index is -0.524. The van der Waals surface area contributed by atoms with Crippen LogP contribution < -0.4 is 0 Å². The van der Waals surface area contributed by atoms with E-state index in [2.05, 4.69) is 0 Å².